The summed E-state index contributed by atoms with van der Waals surface area (Å²) in [5.74, 6) is 0.227. The summed E-state index contributed by atoms with van der Waals surface area (Å²) in [6.45, 7) is 1.01. The van der Waals surface area contributed by atoms with Gasteiger partial charge in [0.05, 0.1) is 10.6 Å². The molecule has 0 saturated carbocycles. The van der Waals surface area contributed by atoms with Crippen molar-refractivity contribution in [3.63, 3.8) is 0 Å². The van der Waals surface area contributed by atoms with Gasteiger partial charge >= 0.3 is 0 Å². The van der Waals surface area contributed by atoms with Gasteiger partial charge in [-0.15, -0.1) is 0 Å². The summed E-state index contributed by atoms with van der Waals surface area (Å²) in [5, 5.41) is 0. The highest BCUT2D eigenvalue weighted by atomic mass is 32.2. The van der Waals surface area contributed by atoms with Crippen LogP contribution >= 0.6 is 0 Å². The highest BCUT2D eigenvalue weighted by Gasteiger charge is 2.13. The van der Waals surface area contributed by atoms with Crippen molar-refractivity contribution in [1.29, 1.82) is 0 Å². The molecule has 0 bridgehead atoms. The predicted molar refractivity (Wildman–Crippen MR) is 96.3 cm³/mol. The van der Waals surface area contributed by atoms with E-state index in [2.05, 4.69) is 4.90 Å². The average Bonchev–Trinajstić information content (AvgIpc) is 2.55. The van der Waals surface area contributed by atoms with Crippen LogP contribution in [0, 0.1) is 0 Å². The zero-order valence-electron chi connectivity index (χ0n) is 13.9. The van der Waals surface area contributed by atoms with E-state index >= 15 is 0 Å². The first kappa shape index (κ1) is 17.7. The number of nitrogens with zero attached hydrogens (tertiary/aromatic N) is 1. The van der Waals surface area contributed by atoms with E-state index in [1.54, 1.807) is 12.1 Å². The first-order valence-electron chi connectivity index (χ1n) is 8.02. The minimum Gasteiger partial charge on any atom is -0.309 e. The third kappa shape index (κ3) is 5.48. The van der Waals surface area contributed by atoms with Crippen LogP contribution in [0.4, 0.5) is 0 Å². The van der Waals surface area contributed by atoms with Crippen LogP contribution in [-0.2, 0) is 9.84 Å². The van der Waals surface area contributed by atoms with E-state index in [4.69, 9.17) is 0 Å². The van der Waals surface area contributed by atoms with E-state index in [0.29, 0.717) is 4.90 Å². The van der Waals surface area contributed by atoms with Crippen molar-refractivity contribution in [3.8, 4) is 11.1 Å². The molecule has 0 atom stereocenters. The Morgan fingerprint density at radius 2 is 1.39 bits per heavy atom. The number of hydrogen-bond donors (Lipinski definition) is 0. The molecule has 2 rings (SSSR count). The molecular formula is C19H25NO2S. The molecule has 2 aromatic carbocycles. The summed E-state index contributed by atoms with van der Waals surface area (Å²) >= 11 is 0. The number of benzene rings is 2. The molecule has 4 heteroatoms. The quantitative estimate of drug-likeness (QED) is 0.689. The molecule has 0 radical (unpaired) electrons. The maximum atomic E-state index is 12.4. The molecule has 2 aromatic rings. The number of rotatable bonds is 8. The van der Waals surface area contributed by atoms with Crippen molar-refractivity contribution < 1.29 is 8.42 Å². The topological polar surface area (TPSA) is 37.4 Å². The van der Waals surface area contributed by atoms with Gasteiger partial charge in [-0.1, -0.05) is 48.9 Å². The smallest absolute Gasteiger partial charge is 0.178 e. The molecule has 0 N–H and O–H groups in total. The fourth-order valence-electron chi connectivity index (χ4n) is 2.50. The Morgan fingerprint density at radius 1 is 0.783 bits per heavy atom. The largest absolute Gasteiger partial charge is 0.309 e. The van der Waals surface area contributed by atoms with Crippen LogP contribution in [0.1, 0.15) is 19.3 Å². The summed E-state index contributed by atoms with van der Waals surface area (Å²) in [5.41, 5.74) is 2.13. The third-order valence-corrected chi connectivity index (χ3v) is 5.66. The lowest BCUT2D eigenvalue weighted by Gasteiger charge is -2.09. The summed E-state index contributed by atoms with van der Waals surface area (Å²) < 4.78 is 24.7. The third-order valence-electron chi connectivity index (χ3n) is 3.84. The Hall–Kier alpha value is -1.65. The van der Waals surface area contributed by atoms with Gasteiger partial charge in [0.25, 0.3) is 0 Å². The van der Waals surface area contributed by atoms with E-state index in [0.717, 1.165) is 36.9 Å². The number of unbranched alkanes of at least 4 members (excludes halogenated alkanes) is 2. The molecular weight excluding hydrogens is 306 g/mol. The summed E-state index contributed by atoms with van der Waals surface area (Å²) in [6, 6.07) is 17.2. The average molecular weight is 331 g/mol. The SMILES string of the molecule is CN(C)CCCCCS(=O)(=O)c1ccc(-c2ccccc2)cc1. The Labute approximate surface area is 139 Å². The molecule has 0 spiro atoms. The molecule has 23 heavy (non-hydrogen) atoms. The van der Waals surface area contributed by atoms with Crippen molar-refractivity contribution in [3.05, 3.63) is 54.6 Å². The summed E-state index contributed by atoms with van der Waals surface area (Å²) in [4.78, 5) is 2.54. The molecule has 0 aliphatic rings. The second-order valence-corrected chi connectivity index (χ2v) is 8.18. The van der Waals surface area contributed by atoms with Crippen molar-refractivity contribution >= 4 is 9.84 Å². The van der Waals surface area contributed by atoms with E-state index in [1.807, 2.05) is 56.6 Å². The zero-order chi connectivity index (χ0) is 16.7. The van der Waals surface area contributed by atoms with Gasteiger partial charge < -0.3 is 4.90 Å². The van der Waals surface area contributed by atoms with Gasteiger partial charge in [0, 0.05) is 0 Å². The van der Waals surface area contributed by atoms with Crippen LogP contribution in [0.15, 0.2) is 59.5 Å². The van der Waals surface area contributed by atoms with Crippen molar-refractivity contribution in [2.75, 3.05) is 26.4 Å². The Kier molecular flexibility index (Phi) is 6.37. The van der Waals surface area contributed by atoms with Gasteiger partial charge in [-0.25, -0.2) is 8.42 Å². The lowest BCUT2D eigenvalue weighted by Crippen LogP contribution is -2.13. The van der Waals surface area contributed by atoms with Crippen LogP contribution in [0.5, 0.6) is 0 Å². The van der Waals surface area contributed by atoms with E-state index < -0.39 is 9.84 Å². The Bertz CT molecular complexity index is 692. The first-order chi connectivity index (χ1) is 11.0. The molecule has 124 valence electrons. The van der Waals surface area contributed by atoms with Gasteiger partial charge in [-0.2, -0.15) is 0 Å². The summed E-state index contributed by atoms with van der Waals surface area (Å²) in [6.07, 6.45) is 2.70. The Morgan fingerprint density at radius 3 is 2.00 bits per heavy atom. The normalized spacial score (nSPS) is 11.8. The second-order valence-electron chi connectivity index (χ2n) is 6.07. The van der Waals surface area contributed by atoms with Crippen LogP contribution in [0.2, 0.25) is 0 Å². The van der Waals surface area contributed by atoms with Crippen molar-refractivity contribution in [2.24, 2.45) is 0 Å². The highest BCUT2D eigenvalue weighted by molar-refractivity contribution is 7.91. The van der Waals surface area contributed by atoms with Crippen LogP contribution in [0.3, 0.4) is 0 Å². The van der Waals surface area contributed by atoms with E-state index in [1.165, 1.54) is 0 Å². The molecule has 0 saturated heterocycles. The molecule has 0 aliphatic heterocycles. The minimum atomic E-state index is -3.17. The molecule has 0 unspecified atom stereocenters. The maximum absolute atomic E-state index is 12.4. The van der Waals surface area contributed by atoms with Crippen LogP contribution in [-0.4, -0.2) is 39.7 Å². The highest BCUT2D eigenvalue weighted by Crippen LogP contribution is 2.22. The predicted octanol–water partition coefficient (Wildman–Crippen LogP) is 3.86. The second kappa shape index (κ2) is 8.27. The van der Waals surface area contributed by atoms with Gasteiger partial charge in [-0.3, -0.25) is 0 Å². The van der Waals surface area contributed by atoms with Gasteiger partial charge in [0.2, 0.25) is 0 Å². The standard InChI is InChI=1S/C19H25NO2S/c1-20(2)15-7-4-8-16-23(21,22)19-13-11-18(12-14-19)17-9-5-3-6-10-17/h3,5-6,9-14H,4,7-8,15-16H2,1-2H3. The fraction of sp³-hybridized carbons (Fsp3) is 0.368. The number of sulfone groups is 1. The minimum absolute atomic E-state index is 0.227. The summed E-state index contributed by atoms with van der Waals surface area (Å²) in [7, 11) is 0.892. The lowest BCUT2D eigenvalue weighted by atomic mass is 10.1. The van der Waals surface area contributed by atoms with Crippen molar-refractivity contribution in [2.45, 2.75) is 24.2 Å². The molecule has 0 heterocycles. The van der Waals surface area contributed by atoms with Gasteiger partial charge in [-0.05, 0) is 56.7 Å². The lowest BCUT2D eigenvalue weighted by molar-refractivity contribution is 0.393. The number of hydrogen-bond acceptors (Lipinski definition) is 3. The monoisotopic (exact) mass is 331 g/mol. The van der Waals surface area contributed by atoms with Gasteiger partial charge in [0.1, 0.15) is 0 Å². The maximum Gasteiger partial charge on any atom is 0.178 e. The zero-order valence-corrected chi connectivity index (χ0v) is 14.7. The van der Waals surface area contributed by atoms with Crippen molar-refractivity contribution in [1.82, 2.24) is 4.90 Å². The van der Waals surface area contributed by atoms with Crippen LogP contribution < -0.4 is 0 Å². The molecule has 0 aromatic heterocycles. The Balaban J connectivity index is 1.95. The van der Waals surface area contributed by atoms with E-state index in [-0.39, 0.29) is 5.75 Å². The first-order valence-corrected chi connectivity index (χ1v) is 9.67. The van der Waals surface area contributed by atoms with Crippen LogP contribution in [0.25, 0.3) is 11.1 Å². The van der Waals surface area contributed by atoms with E-state index in [9.17, 15) is 8.42 Å². The molecule has 0 fully saturated rings. The fourth-order valence-corrected chi connectivity index (χ4v) is 3.87. The van der Waals surface area contributed by atoms with Gasteiger partial charge in [0.15, 0.2) is 9.84 Å². The molecule has 0 aliphatic carbocycles. The molecule has 0 amide bonds. The molecule has 3 nitrogen and oxygen atoms in total.